The molecule has 0 bridgehead atoms. The molecule has 0 aromatic carbocycles. The van der Waals surface area contributed by atoms with E-state index < -0.39 is 11.4 Å². The van der Waals surface area contributed by atoms with E-state index in [1.807, 2.05) is 19.9 Å². The Bertz CT molecular complexity index is 430. The van der Waals surface area contributed by atoms with Crippen LogP contribution in [0.3, 0.4) is 0 Å². The zero-order valence-electron chi connectivity index (χ0n) is 13.1. The van der Waals surface area contributed by atoms with Gasteiger partial charge in [0, 0.05) is 19.1 Å². The highest BCUT2D eigenvalue weighted by Crippen LogP contribution is 2.38. The molecular formula is C15H25N3O3. The summed E-state index contributed by atoms with van der Waals surface area (Å²) in [5, 5.41) is 20.9. The van der Waals surface area contributed by atoms with Crippen LogP contribution in [-0.2, 0) is 4.79 Å². The van der Waals surface area contributed by atoms with Gasteiger partial charge in [-0.25, -0.2) is 4.79 Å². The average molecular weight is 295 g/mol. The van der Waals surface area contributed by atoms with E-state index in [0.717, 1.165) is 6.42 Å². The molecule has 6 heteroatoms. The Morgan fingerprint density at radius 2 is 2.19 bits per heavy atom. The lowest BCUT2D eigenvalue weighted by Crippen LogP contribution is -2.52. The number of nitrogens with zero attached hydrogens (tertiary/aromatic N) is 2. The average Bonchev–Trinajstić information content (AvgIpc) is 2.77. The summed E-state index contributed by atoms with van der Waals surface area (Å²) in [6.07, 6.45) is 2.34. The van der Waals surface area contributed by atoms with Crippen molar-refractivity contribution in [2.24, 2.45) is 11.3 Å². The Morgan fingerprint density at radius 1 is 1.52 bits per heavy atom. The largest absolute Gasteiger partial charge is 0.481 e. The van der Waals surface area contributed by atoms with E-state index in [1.165, 1.54) is 0 Å². The van der Waals surface area contributed by atoms with Crippen LogP contribution in [0.5, 0.6) is 0 Å². The molecule has 2 atom stereocenters. The summed E-state index contributed by atoms with van der Waals surface area (Å²) in [5.41, 5.74) is -0.894. The summed E-state index contributed by atoms with van der Waals surface area (Å²) in [5.74, 6) is -0.568. The second-order valence-corrected chi connectivity index (χ2v) is 6.36. The molecule has 1 fully saturated rings. The molecule has 1 aliphatic carbocycles. The summed E-state index contributed by atoms with van der Waals surface area (Å²) >= 11 is 0. The van der Waals surface area contributed by atoms with Crippen molar-refractivity contribution in [1.29, 1.82) is 5.26 Å². The lowest BCUT2D eigenvalue weighted by Gasteiger charge is -2.31. The molecule has 1 aliphatic rings. The Balaban J connectivity index is 2.72. The van der Waals surface area contributed by atoms with Gasteiger partial charge >= 0.3 is 12.0 Å². The number of hydrogen-bond acceptors (Lipinski definition) is 3. The van der Waals surface area contributed by atoms with Gasteiger partial charge in [-0.05, 0) is 25.7 Å². The monoisotopic (exact) mass is 295 g/mol. The molecule has 0 radical (unpaired) electrons. The van der Waals surface area contributed by atoms with E-state index in [4.69, 9.17) is 5.26 Å². The highest BCUT2D eigenvalue weighted by atomic mass is 16.4. The van der Waals surface area contributed by atoms with E-state index >= 15 is 0 Å². The molecule has 0 aromatic heterocycles. The zero-order chi connectivity index (χ0) is 16.0. The van der Waals surface area contributed by atoms with Crippen molar-refractivity contribution in [3.63, 3.8) is 0 Å². The number of carboxylic acids is 1. The quantitative estimate of drug-likeness (QED) is 0.785. The van der Waals surface area contributed by atoms with Gasteiger partial charge in [-0.1, -0.05) is 20.3 Å². The number of carbonyl (C=O) groups is 2. The van der Waals surface area contributed by atoms with E-state index in [2.05, 4.69) is 5.32 Å². The van der Waals surface area contributed by atoms with E-state index in [9.17, 15) is 14.7 Å². The molecule has 0 aliphatic heterocycles. The molecule has 1 saturated carbocycles. The highest BCUT2D eigenvalue weighted by Gasteiger charge is 2.46. The number of carboxylic acid groups (broad SMARTS) is 1. The molecule has 0 heterocycles. The fourth-order valence-electron chi connectivity index (χ4n) is 2.80. The van der Waals surface area contributed by atoms with E-state index in [-0.39, 0.29) is 18.5 Å². The number of nitriles is 1. The third-order valence-corrected chi connectivity index (χ3v) is 4.11. The van der Waals surface area contributed by atoms with Gasteiger partial charge in [0.2, 0.25) is 0 Å². The standard InChI is InChI=1S/C15H25N3O3/c1-11(2)10-18(9-5-8-16)14(21)17-12-6-4-7-15(12,3)13(19)20/h11-12H,4-7,9-10H2,1-3H3,(H,17,21)(H,19,20). The number of hydrogen-bond donors (Lipinski definition) is 2. The van der Waals surface area contributed by atoms with Crippen molar-refractivity contribution in [2.75, 3.05) is 13.1 Å². The predicted molar refractivity (Wildman–Crippen MR) is 78.6 cm³/mol. The van der Waals surface area contributed by atoms with Gasteiger partial charge in [0.15, 0.2) is 0 Å². The maximum atomic E-state index is 12.4. The molecule has 2 unspecified atom stereocenters. The normalized spacial score (nSPS) is 24.6. The molecule has 1 rings (SSSR count). The SMILES string of the molecule is CC(C)CN(CCC#N)C(=O)NC1CCCC1(C)C(=O)O. The van der Waals surface area contributed by atoms with E-state index in [1.54, 1.807) is 11.8 Å². The van der Waals surface area contributed by atoms with Crippen LogP contribution in [0.2, 0.25) is 0 Å². The van der Waals surface area contributed by atoms with Crippen LogP contribution in [0.25, 0.3) is 0 Å². The lowest BCUT2D eigenvalue weighted by molar-refractivity contribution is -0.148. The Hall–Kier alpha value is -1.77. The highest BCUT2D eigenvalue weighted by molar-refractivity contribution is 5.79. The van der Waals surface area contributed by atoms with Crippen LogP contribution in [0.4, 0.5) is 4.79 Å². The second-order valence-electron chi connectivity index (χ2n) is 6.36. The molecule has 6 nitrogen and oxygen atoms in total. The summed E-state index contributed by atoms with van der Waals surface area (Å²) < 4.78 is 0. The van der Waals surface area contributed by atoms with Crippen LogP contribution in [-0.4, -0.2) is 41.1 Å². The van der Waals surface area contributed by atoms with Crippen LogP contribution < -0.4 is 5.32 Å². The zero-order valence-corrected chi connectivity index (χ0v) is 13.1. The van der Waals surface area contributed by atoms with Gasteiger partial charge in [0.05, 0.1) is 17.9 Å². The number of amides is 2. The smallest absolute Gasteiger partial charge is 0.317 e. The third-order valence-electron chi connectivity index (χ3n) is 4.11. The lowest BCUT2D eigenvalue weighted by atomic mass is 9.85. The van der Waals surface area contributed by atoms with Gasteiger partial charge in [-0.3, -0.25) is 4.79 Å². The molecule has 118 valence electrons. The van der Waals surface area contributed by atoms with Crippen molar-refractivity contribution in [2.45, 2.75) is 52.5 Å². The predicted octanol–water partition coefficient (Wildman–Crippen LogP) is 2.21. The van der Waals surface area contributed by atoms with Gasteiger partial charge in [-0.2, -0.15) is 5.26 Å². The molecule has 2 N–H and O–H groups in total. The Morgan fingerprint density at radius 3 is 2.71 bits per heavy atom. The maximum Gasteiger partial charge on any atom is 0.317 e. The topological polar surface area (TPSA) is 93.4 Å². The Kier molecular flexibility index (Phi) is 6.01. The first-order valence-corrected chi connectivity index (χ1v) is 7.47. The van der Waals surface area contributed by atoms with Crippen LogP contribution >= 0.6 is 0 Å². The summed E-state index contributed by atoms with van der Waals surface area (Å²) in [6.45, 7) is 6.63. The van der Waals surface area contributed by atoms with Gasteiger partial charge in [0.25, 0.3) is 0 Å². The molecule has 0 aromatic rings. The summed E-state index contributed by atoms with van der Waals surface area (Å²) in [7, 11) is 0. The number of nitrogens with one attached hydrogen (secondary N) is 1. The van der Waals surface area contributed by atoms with Crippen LogP contribution in [0.15, 0.2) is 0 Å². The minimum atomic E-state index is -0.894. The first kappa shape index (κ1) is 17.3. The first-order valence-electron chi connectivity index (χ1n) is 7.47. The molecule has 21 heavy (non-hydrogen) atoms. The maximum absolute atomic E-state index is 12.4. The third kappa shape index (κ3) is 4.35. The van der Waals surface area contributed by atoms with E-state index in [0.29, 0.717) is 31.8 Å². The number of urea groups is 1. The van der Waals surface area contributed by atoms with Crippen molar-refractivity contribution in [1.82, 2.24) is 10.2 Å². The Labute approximate surface area is 126 Å². The van der Waals surface area contributed by atoms with Crippen molar-refractivity contribution >= 4 is 12.0 Å². The summed E-state index contributed by atoms with van der Waals surface area (Å²) in [6, 6.07) is 1.43. The van der Waals surface area contributed by atoms with Crippen molar-refractivity contribution < 1.29 is 14.7 Å². The fraction of sp³-hybridized carbons (Fsp3) is 0.800. The number of aliphatic carboxylic acids is 1. The minimum Gasteiger partial charge on any atom is -0.481 e. The number of carbonyl (C=O) groups excluding carboxylic acids is 1. The molecule has 2 amide bonds. The van der Waals surface area contributed by atoms with Crippen molar-refractivity contribution in [3.8, 4) is 6.07 Å². The molecular weight excluding hydrogens is 270 g/mol. The fourth-order valence-corrected chi connectivity index (χ4v) is 2.80. The minimum absolute atomic E-state index is 0.265. The van der Waals surface area contributed by atoms with Crippen molar-refractivity contribution in [3.05, 3.63) is 0 Å². The molecule has 0 saturated heterocycles. The number of rotatable bonds is 6. The van der Waals surface area contributed by atoms with Gasteiger partial charge < -0.3 is 15.3 Å². The van der Waals surface area contributed by atoms with Crippen LogP contribution in [0.1, 0.15) is 46.5 Å². The first-order chi connectivity index (χ1) is 9.81. The second kappa shape index (κ2) is 7.30. The molecule has 0 spiro atoms. The summed E-state index contributed by atoms with van der Waals surface area (Å²) in [4.78, 5) is 25.4. The van der Waals surface area contributed by atoms with Crippen LogP contribution in [0, 0.1) is 22.7 Å². The van der Waals surface area contributed by atoms with Gasteiger partial charge in [-0.15, -0.1) is 0 Å². The van der Waals surface area contributed by atoms with Gasteiger partial charge in [0.1, 0.15) is 0 Å².